The standard InChI is InChI=1S/C12H18N6O/c1-4-9-11(15-6-16-12(9)18-13)14-5-10-17-7(2)8(3)19-10/h6H,4-5,13H2,1-3H3,(H2,14,15,16,18). The molecule has 0 aliphatic rings. The highest BCUT2D eigenvalue weighted by Gasteiger charge is 2.10. The van der Waals surface area contributed by atoms with Crippen molar-refractivity contribution in [2.75, 3.05) is 10.7 Å². The molecule has 2 heterocycles. The summed E-state index contributed by atoms with van der Waals surface area (Å²) in [6.45, 7) is 6.30. The first-order valence-corrected chi connectivity index (χ1v) is 6.13. The van der Waals surface area contributed by atoms with E-state index < -0.39 is 0 Å². The van der Waals surface area contributed by atoms with Crippen molar-refractivity contribution < 1.29 is 4.42 Å². The van der Waals surface area contributed by atoms with Gasteiger partial charge in [-0.3, -0.25) is 0 Å². The number of hydrazine groups is 1. The summed E-state index contributed by atoms with van der Waals surface area (Å²) in [6.07, 6.45) is 2.23. The van der Waals surface area contributed by atoms with Gasteiger partial charge in [0.1, 0.15) is 23.7 Å². The monoisotopic (exact) mass is 262 g/mol. The summed E-state index contributed by atoms with van der Waals surface area (Å²) < 4.78 is 5.51. The summed E-state index contributed by atoms with van der Waals surface area (Å²) in [7, 11) is 0. The van der Waals surface area contributed by atoms with E-state index in [0.29, 0.717) is 18.3 Å². The second kappa shape index (κ2) is 5.66. The van der Waals surface area contributed by atoms with Crippen molar-refractivity contribution >= 4 is 11.6 Å². The Morgan fingerprint density at radius 3 is 2.58 bits per heavy atom. The van der Waals surface area contributed by atoms with Crippen LogP contribution in [0.1, 0.15) is 29.8 Å². The summed E-state index contributed by atoms with van der Waals surface area (Å²) in [5.41, 5.74) is 4.41. The molecular weight excluding hydrogens is 244 g/mol. The van der Waals surface area contributed by atoms with Gasteiger partial charge in [-0.2, -0.15) is 0 Å². The molecule has 0 bridgehead atoms. The summed E-state index contributed by atoms with van der Waals surface area (Å²) >= 11 is 0. The van der Waals surface area contributed by atoms with Crippen molar-refractivity contribution in [2.45, 2.75) is 33.7 Å². The van der Waals surface area contributed by atoms with E-state index in [1.54, 1.807) is 0 Å². The lowest BCUT2D eigenvalue weighted by atomic mass is 10.2. The maximum Gasteiger partial charge on any atom is 0.213 e. The van der Waals surface area contributed by atoms with Crippen molar-refractivity contribution in [3.8, 4) is 0 Å². The van der Waals surface area contributed by atoms with E-state index >= 15 is 0 Å². The van der Waals surface area contributed by atoms with Gasteiger partial charge in [0.05, 0.1) is 12.2 Å². The molecule has 2 rings (SSSR count). The van der Waals surface area contributed by atoms with Crippen LogP contribution in [0.25, 0.3) is 0 Å². The molecule has 0 unspecified atom stereocenters. The van der Waals surface area contributed by atoms with Crippen molar-refractivity contribution in [1.82, 2.24) is 15.0 Å². The van der Waals surface area contributed by atoms with Crippen LogP contribution in [0.4, 0.5) is 11.6 Å². The number of hydrogen-bond acceptors (Lipinski definition) is 7. The van der Waals surface area contributed by atoms with Gasteiger partial charge < -0.3 is 15.2 Å². The molecule has 0 fully saturated rings. The van der Waals surface area contributed by atoms with Crippen LogP contribution in [0.15, 0.2) is 10.7 Å². The fourth-order valence-corrected chi connectivity index (χ4v) is 1.80. The highest BCUT2D eigenvalue weighted by atomic mass is 16.4. The van der Waals surface area contributed by atoms with Crippen LogP contribution in [0, 0.1) is 13.8 Å². The molecule has 0 saturated heterocycles. The van der Waals surface area contributed by atoms with E-state index in [-0.39, 0.29) is 0 Å². The van der Waals surface area contributed by atoms with E-state index in [2.05, 4.69) is 25.7 Å². The van der Waals surface area contributed by atoms with Gasteiger partial charge in [0.2, 0.25) is 5.89 Å². The van der Waals surface area contributed by atoms with Gasteiger partial charge in [-0.25, -0.2) is 20.8 Å². The zero-order valence-corrected chi connectivity index (χ0v) is 11.3. The first kappa shape index (κ1) is 13.3. The third kappa shape index (κ3) is 2.82. The third-order valence-corrected chi connectivity index (χ3v) is 2.92. The predicted octanol–water partition coefficient (Wildman–Crippen LogP) is 1.54. The topological polar surface area (TPSA) is 102 Å². The maximum atomic E-state index is 5.51. The molecule has 4 N–H and O–H groups in total. The number of rotatable bonds is 5. The Bertz CT molecular complexity index is 546. The lowest BCUT2D eigenvalue weighted by Gasteiger charge is -2.11. The minimum absolute atomic E-state index is 0.475. The molecule has 102 valence electrons. The molecule has 7 nitrogen and oxygen atoms in total. The Morgan fingerprint density at radius 2 is 2.00 bits per heavy atom. The van der Waals surface area contributed by atoms with Gasteiger partial charge in [0.15, 0.2) is 0 Å². The minimum atomic E-state index is 0.475. The lowest BCUT2D eigenvalue weighted by Crippen LogP contribution is -2.14. The van der Waals surface area contributed by atoms with Crippen LogP contribution in [-0.4, -0.2) is 15.0 Å². The summed E-state index contributed by atoms with van der Waals surface area (Å²) in [5, 5.41) is 3.19. The molecule has 0 aliphatic carbocycles. The normalized spacial score (nSPS) is 10.5. The van der Waals surface area contributed by atoms with Crippen LogP contribution in [0.5, 0.6) is 0 Å². The van der Waals surface area contributed by atoms with Crippen molar-refractivity contribution in [2.24, 2.45) is 5.84 Å². The maximum absolute atomic E-state index is 5.51. The molecule has 7 heteroatoms. The molecule has 0 amide bonds. The molecule has 0 saturated carbocycles. The predicted molar refractivity (Wildman–Crippen MR) is 72.5 cm³/mol. The van der Waals surface area contributed by atoms with E-state index in [1.165, 1.54) is 6.33 Å². The number of nitrogen functional groups attached to an aromatic ring is 1. The largest absolute Gasteiger partial charge is 0.444 e. The van der Waals surface area contributed by atoms with Gasteiger partial charge in [0.25, 0.3) is 0 Å². The van der Waals surface area contributed by atoms with E-state index in [9.17, 15) is 0 Å². The number of nitrogens with one attached hydrogen (secondary N) is 2. The Kier molecular flexibility index (Phi) is 3.96. The molecule has 2 aromatic rings. The van der Waals surface area contributed by atoms with Crippen molar-refractivity contribution in [3.63, 3.8) is 0 Å². The molecule has 2 aromatic heterocycles. The fraction of sp³-hybridized carbons (Fsp3) is 0.417. The molecular formula is C12H18N6O. The average molecular weight is 262 g/mol. The van der Waals surface area contributed by atoms with Crippen LogP contribution in [-0.2, 0) is 13.0 Å². The number of aromatic nitrogens is 3. The molecule has 0 aliphatic heterocycles. The van der Waals surface area contributed by atoms with E-state index in [0.717, 1.165) is 29.3 Å². The zero-order valence-electron chi connectivity index (χ0n) is 11.3. The Hall–Kier alpha value is -2.15. The highest BCUT2D eigenvalue weighted by Crippen LogP contribution is 2.20. The Labute approximate surface area is 111 Å². The van der Waals surface area contributed by atoms with Gasteiger partial charge in [-0.05, 0) is 20.3 Å². The molecule has 0 spiro atoms. The summed E-state index contributed by atoms with van der Waals surface area (Å²) in [6, 6.07) is 0. The number of aryl methyl sites for hydroxylation is 2. The Balaban J connectivity index is 2.15. The fourth-order valence-electron chi connectivity index (χ4n) is 1.80. The minimum Gasteiger partial charge on any atom is -0.444 e. The van der Waals surface area contributed by atoms with Crippen LogP contribution >= 0.6 is 0 Å². The second-order valence-corrected chi connectivity index (χ2v) is 4.15. The number of nitrogens with zero attached hydrogens (tertiary/aromatic N) is 3. The number of nitrogens with two attached hydrogens (primary N) is 1. The van der Waals surface area contributed by atoms with Crippen molar-refractivity contribution in [1.29, 1.82) is 0 Å². The lowest BCUT2D eigenvalue weighted by molar-refractivity contribution is 0.478. The SMILES string of the molecule is CCc1c(NN)ncnc1NCc1nc(C)c(C)o1. The first-order chi connectivity index (χ1) is 9.15. The first-order valence-electron chi connectivity index (χ1n) is 6.13. The average Bonchev–Trinajstić information content (AvgIpc) is 2.74. The number of anilines is 2. The summed E-state index contributed by atoms with van der Waals surface area (Å²) in [5.74, 6) is 8.26. The molecule has 0 aromatic carbocycles. The summed E-state index contributed by atoms with van der Waals surface area (Å²) in [4.78, 5) is 12.6. The number of oxazole rings is 1. The van der Waals surface area contributed by atoms with E-state index in [4.69, 9.17) is 10.3 Å². The molecule has 0 atom stereocenters. The zero-order chi connectivity index (χ0) is 13.8. The molecule has 19 heavy (non-hydrogen) atoms. The van der Waals surface area contributed by atoms with Gasteiger partial charge >= 0.3 is 0 Å². The second-order valence-electron chi connectivity index (χ2n) is 4.15. The van der Waals surface area contributed by atoms with Crippen LogP contribution < -0.4 is 16.6 Å². The quantitative estimate of drug-likeness (QED) is 0.555. The smallest absolute Gasteiger partial charge is 0.213 e. The number of hydrogen-bond donors (Lipinski definition) is 3. The third-order valence-electron chi connectivity index (χ3n) is 2.92. The van der Waals surface area contributed by atoms with Crippen molar-refractivity contribution in [3.05, 3.63) is 29.2 Å². The van der Waals surface area contributed by atoms with Crippen LogP contribution in [0.2, 0.25) is 0 Å². The van der Waals surface area contributed by atoms with Gasteiger partial charge in [0, 0.05) is 5.56 Å². The van der Waals surface area contributed by atoms with Gasteiger partial charge in [-0.15, -0.1) is 0 Å². The highest BCUT2D eigenvalue weighted by molar-refractivity contribution is 5.56. The van der Waals surface area contributed by atoms with Crippen LogP contribution in [0.3, 0.4) is 0 Å². The Morgan fingerprint density at radius 1 is 1.26 bits per heavy atom. The molecule has 0 radical (unpaired) electrons. The van der Waals surface area contributed by atoms with E-state index in [1.807, 2.05) is 20.8 Å². The van der Waals surface area contributed by atoms with Gasteiger partial charge in [-0.1, -0.05) is 6.92 Å².